The van der Waals surface area contributed by atoms with Crippen LogP contribution in [-0.2, 0) is 14.8 Å². The summed E-state index contributed by atoms with van der Waals surface area (Å²) in [7, 11) is 1.38. The van der Waals surface area contributed by atoms with E-state index < -0.39 is 10.0 Å². The number of sulfonamides is 1. The molecule has 0 bridgehead atoms. The molecule has 1 atom stereocenters. The minimum atomic E-state index is -3.92. The van der Waals surface area contributed by atoms with Crippen LogP contribution in [0.4, 0.5) is 5.69 Å². The molecule has 156 valence electrons. The largest absolute Gasteiger partial charge is 0.497 e. The third-order valence-electron chi connectivity index (χ3n) is 4.53. The molecule has 2 aromatic rings. The van der Waals surface area contributed by atoms with Crippen molar-refractivity contribution in [1.82, 2.24) is 9.62 Å². The molecule has 10 heteroatoms. The number of likely N-dealkylation sites (N-methyl/N-ethyl adjacent to an activating group) is 1. The number of anilines is 1. The van der Waals surface area contributed by atoms with Crippen LogP contribution in [0.1, 0.15) is 11.6 Å². The van der Waals surface area contributed by atoms with Crippen molar-refractivity contribution in [2.24, 2.45) is 0 Å². The van der Waals surface area contributed by atoms with Crippen LogP contribution in [-0.4, -0.2) is 53.6 Å². The Labute approximate surface area is 174 Å². The Balaban J connectivity index is 1.84. The lowest BCUT2D eigenvalue weighted by Crippen LogP contribution is -2.34. The van der Waals surface area contributed by atoms with Gasteiger partial charge in [-0.05, 0) is 37.9 Å². The molecule has 0 aliphatic carbocycles. The van der Waals surface area contributed by atoms with Crippen molar-refractivity contribution >= 4 is 33.2 Å². The topological polar surface area (TPSA) is 97.0 Å². The normalized spacial score (nSPS) is 14.7. The van der Waals surface area contributed by atoms with Crippen LogP contribution in [0.2, 0.25) is 5.02 Å². The van der Waals surface area contributed by atoms with Gasteiger partial charge in [0, 0.05) is 18.7 Å². The monoisotopic (exact) mass is 439 g/mol. The van der Waals surface area contributed by atoms with E-state index in [0.717, 1.165) is 5.56 Å². The second-order valence-electron chi connectivity index (χ2n) is 6.72. The summed E-state index contributed by atoms with van der Waals surface area (Å²) in [5, 5.41) is 2.59. The second kappa shape index (κ2) is 8.58. The first-order valence-electron chi connectivity index (χ1n) is 8.77. The maximum atomic E-state index is 12.9. The van der Waals surface area contributed by atoms with E-state index in [1.807, 2.05) is 43.3 Å². The number of hydrogen-bond donors (Lipinski definition) is 2. The molecule has 1 aliphatic heterocycles. The molecule has 1 amide bonds. The molecule has 0 saturated heterocycles. The number of ether oxygens (including phenoxy) is 2. The molecule has 2 aromatic carbocycles. The number of rotatable bonds is 7. The van der Waals surface area contributed by atoms with Gasteiger partial charge in [0.1, 0.15) is 16.4 Å². The van der Waals surface area contributed by atoms with E-state index in [1.54, 1.807) is 7.11 Å². The summed E-state index contributed by atoms with van der Waals surface area (Å²) in [6.07, 6.45) is 0. The van der Waals surface area contributed by atoms with Gasteiger partial charge in [0.2, 0.25) is 10.0 Å². The Morgan fingerprint density at radius 2 is 2.07 bits per heavy atom. The van der Waals surface area contributed by atoms with E-state index in [1.165, 1.54) is 12.1 Å². The summed E-state index contributed by atoms with van der Waals surface area (Å²) < 4.78 is 39.0. The number of carbonyl (C=O) groups is 1. The zero-order valence-corrected chi connectivity index (χ0v) is 17.8. The Morgan fingerprint density at radius 1 is 1.31 bits per heavy atom. The third-order valence-corrected chi connectivity index (χ3v) is 6.41. The van der Waals surface area contributed by atoms with Crippen molar-refractivity contribution in [2.75, 3.05) is 39.7 Å². The van der Waals surface area contributed by atoms with Gasteiger partial charge < -0.3 is 19.7 Å². The highest BCUT2D eigenvalue weighted by Crippen LogP contribution is 2.35. The maximum Gasteiger partial charge on any atom is 0.262 e. The summed E-state index contributed by atoms with van der Waals surface area (Å²) in [6.45, 7) is -0.0619. The van der Waals surface area contributed by atoms with E-state index in [0.29, 0.717) is 11.4 Å². The summed E-state index contributed by atoms with van der Waals surface area (Å²) in [5.74, 6) is 0.620. The van der Waals surface area contributed by atoms with Crippen LogP contribution >= 0.6 is 11.6 Å². The van der Waals surface area contributed by atoms with Gasteiger partial charge in [0.15, 0.2) is 6.61 Å². The van der Waals surface area contributed by atoms with Gasteiger partial charge in [0.25, 0.3) is 5.91 Å². The van der Waals surface area contributed by atoms with Crippen LogP contribution in [0.15, 0.2) is 41.3 Å². The molecular weight excluding hydrogens is 418 g/mol. The van der Waals surface area contributed by atoms with Gasteiger partial charge in [-0.3, -0.25) is 4.79 Å². The summed E-state index contributed by atoms with van der Waals surface area (Å²) in [4.78, 5) is 13.2. The lowest BCUT2D eigenvalue weighted by molar-refractivity contribution is -0.118. The Morgan fingerprint density at radius 3 is 2.76 bits per heavy atom. The Bertz CT molecular complexity index is 1030. The molecule has 0 radical (unpaired) electrons. The number of nitrogens with zero attached hydrogens (tertiary/aromatic N) is 1. The van der Waals surface area contributed by atoms with Crippen LogP contribution in [0, 0.1) is 0 Å². The van der Waals surface area contributed by atoms with E-state index in [9.17, 15) is 13.2 Å². The lowest BCUT2D eigenvalue weighted by Gasteiger charge is -2.26. The van der Waals surface area contributed by atoms with Crippen LogP contribution < -0.4 is 19.5 Å². The van der Waals surface area contributed by atoms with Crippen LogP contribution in [0.5, 0.6) is 11.5 Å². The van der Waals surface area contributed by atoms with E-state index >= 15 is 0 Å². The molecule has 8 nitrogen and oxygen atoms in total. The predicted molar refractivity (Wildman–Crippen MR) is 110 cm³/mol. The minimum Gasteiger partial charge on any atom is -0.497 e. The molecule has 0 aromatic heterocycles. The van der Waals surface area contributed by atoms with Gasteiger partial charge >= 0.3 is 0 Å². The molecule has 2 N–H and O–H groups in total. The van der Waals surface area contributed by atoms with Gasteiger partial charge in [-0.2, -0.15) is 0 Å². The number of fused-ring (bicyclic) bond motifs is 1. The van der Waals surface area contributed by atoms with Gasteiger partial charge in [-0.1, -0.05) is 23.7 Å². The Hall–Kier alpha value is -2.33. The molecule has 1 heterocycles. The number of hydrogen-bond acceptors (Lipinski definition) is 6. The molecule has 1 unspecified atom stereocenters. The quantitative estimate of drug-likeness (QED) is 0.686. The minimum absolute atomic E-state index is 0.00941. The fraction of sp³-hybridized carbons (Fsp3) is 0.316. The average Bonchev–Trinajstić information content (AvgIpc) is 2.67. The van der Waals surface area contributed by atoms with Crippen molar-refractivity contribution in [3.05, 3.63) is 47.0 Å². The first kappa shape index (κ1) is 21.4. The highest BCUT2D eigenvalue weighted by atomic mass is 35.5. The maximum absolute atomic E-state index is 12.9. The molecule has 29 heavy (non-hydrogen) atoms. The number of carbonyl (C=O) groups excluding carboxylic acids is 1. The van der Waals surface area contributed by atoms with E-state index in [-0.39, 0.29) is 40.8 Å². The molecule has 1 aliphatic rings. The molecule has 3 rings (SSSR count). The molecule has 0 saturated carbocycles. The number of methoxy groups -OCH3 is 1. The van der Waals surface area contributed by atoms with Gasteiger partial charge in [-0.15, -0.1) is 0 Å². The van der Waals surface area contributed by atoms with E-state index in [2.05, 4.69) is 10.0 Å². The number of benzene rings is 2. The second-order valence-corrected chi connectivity index (χ2v) is 8.87. The predicted octanol–water partition coefficient (Wildman–Crippen LogP) is 2.26. The first-order valence-corrected chi connectivity index (χ1v) is 10.6. The zero-order valence-electron chi connectivity index (χ0n) is 16.2. The first-order chi connectivity index (χ1) is 13.7. The lowest BCUT2D eigenvalue weighted by atomic mass is 10.1. The molecular formula is C19H22ClN3O5S. The van der Waals surface area contributed by atoms with Crippen molar-refractivity contribution < 1.29 is 22.7 Å². The third kappa shape index (κ3) is 4.81. The smallest absolute Gasteiger partial charge is 0.262 e. The van der Waals surface area contributed by atoms with Crippen molar-refractivity contribution in [3.8, 4) is 11.5 Å². The number of halogens is 1. The van der Waals surface area contributed by atoms with Crippen LogP contribution in [0.25, 0.3) is 0 Å². The fourth-order valence-corrected chi connectivity index (χ4v) is 4.58. The van der Waals surface area contributed by atoms with Gasteiger partial charge in [-0.25, -0.2) is 13.1 Å². The average molecular weight is 440 g/mol. The number of amides is 1. The highest BCUT2D eigenvalue weighted by Gasteiger charge is 2.26. The Kier molecular flexibility index (Phi) is 6.33. The summed E-state index contributed by atoms with van der Waals surface area (Å²) in [6, 6.07) is 9.90. The highest BCUT2D eigenvalue weighted by molar-refractivity contribution is 7.89. The SMILES string of the molecule is COc1cccc(C(CNS(=O)(=O)c2cc3c(cc2Cl)NC(=O)CO3)N(C)C)c1. The standard InChI is InChI=1S/C19H22ClN3O5S/c1-23(2)16(12-5-4-6-13(7-12)27-3)10-21-29(25,26)18-9-17-15(8-14(18)20)22-19(24)11-28-17/h4-9,16,21H,10-11H2,1-3H3,(H,22,24). The zero-order chi connectivity index (χ0) is 21.2. The van der Waals surface area contributed by atoms with Crippen molar-refractivity contribution in [1.29, 1.82) is 0 Å². The molecule has 0 spiro atoms. The molecule has 0 fully saturated rings. The number of nitrogens with one attached hydrogen (secondary N) is 2. The van der Waals surface area contributed by atoms with Crippen LogP contribution in [0.3, 0.4) is 0 Å². The summed E-state index contributed by atoms with van der Waals surface area (Å²) >= 11 is 6.17. The van der Waals surface area contributed by atoms with Crippen molar-refractivity contribution in [3.63, 3.8) is 0 Å². The van der Waals surface area contributed by atoms with E-state index in [4.69, 9.17) is 21.1 Å². The summed E-state index contributed by atoms with van der Waals surface area (Å²) in [5.41, 5.74) is 1.24. The van der Waals surface area contributed by atoms with Crippen molar-refractivity contribution in [2.45, 2.75) is 10.9 Å². The fourth-order valence-electron chi connectivity index (χ4n) is 3.00. The van der Waals surface area contributed by atoms with Gasteiger partial charge in [0.05, 0.1) is 17.8 Å².